The first-order valence-corrected chi connectivity index (χ1v) is 5.54. The van der Waals surface area contributed by atoms with Crippen molar-refractivity contribution in [3.63, 3.8) is 0 Å². The van der Waals surface area contributed by atoms with Crippen molar-refractivity contribution in [2.24, 2.45) is 11.7 Å². The molecule has 1 aliphatic carbocycles. The molecule has 0 atom stereocenters. The van der Waals surface area contributed by atoms with Gasteiger partial charge < -0.3 is 21.8 Å². The molecule has 1 fully saturated rings. The minimum Gasteiger partial charge on any atom is -0.423 e. The van der Waals surface area contributed by atoms with E-state index in [9.17, 15) is 31.1 Å². The van der Waals surface area contributed by atoms with Crippen molar-refractivity contribution in [3.05, 3.63) is 13.1 Å². The summed E-state index contributed by atoms with van der Waals surface area (Å²) in [7, 11) is 0. The van der Waals surface area contributed by atoms with Gasteiger partial charge in [0.2, 0.25) is 5.92 Å². The van der Waals surface area contributed by atoms with Crippen LogP contribution in [0.5, 0.6) is 0 Å². The smallest absolute Gasteiger partial charge is 0.423 e. The van der Waals surface area contributed by atoms with Crippen LogP contribution in [0.3, 0.4) is 0 Å². The van der Waals surface area contributed by atoms with Crippen LogP contribution in [0.2, 0.25) is 0 Å². The topological polar surface area (TPSA) is 43.1 Å². The maximum absolute atomic E-state index is 12.9. The number of primary amides is 1. The molecule has 0 aromatic rings. The van der Waals surface area contributed by atoms with E-state index in [2.05, 4.69) is 6.92 Å². The van der Waals surface area contributed by atoms with E-state index in [1.165, 1.54) is 0 Å². The number of nitrogens with two attached hydrogens (primary N) is 1. The maximum Gasteiger partial charge on any atom is 1.00 e. The van der Waals surface area contributed by atoms with Crippen molar-refractivity contribution in [2.75, 3.05) is 0 Å². The van der Waals surface area contributed by atoms with Crippen molar-refractivity contribution < 1.29 is 100 Å². The number of carbonyl (C=O) groups is 1. The van der Waals surface area contributed by atoms with Crippen molar-refractivity contribution in [3.8, 4) is 0 Å². The van der Waals surface area contributed by atoms with Crippen LogP contribution in [0.25, 0.3) is 0 Å². The molecule has 114 valence electrons. The van der Waals surface area contributed by atoms with Crippen LogP contribution in [0.4, 0.5) is 26.3 Å². The van der Waals surface area contributed by atoms with E-state index < -0.39 is 36.5 Å². The molecule has 0 spiro atoms. The summed E-state index contributed by atoms with van der Waals surface area (Å²) in [5.41, 5.74) is 4.70. The Balaban J connectivity index is 0. The van der Waals surface area contributed by atoms with Gasteiger partial charge in [-0.1, -0.05) is 19.3 Å². The second-order valence-electron chi connectivity index (χ2n) is 4.21. The molecular formula is C11H15CsF6NO-. The fraction of sp³-hybridized carbons (Fsp3) is 0.727. The Hall–Kier alpha value is 0.972. The molecule has 0 bridgehead atoms. The van der Waals surface area contributed by atoms with E-state index in [1.54, 1.807) is 0 Å². The minimum atomic E-state index is -4.07. The molecule has 0 aliphatic heterocycles. The van der Waals surface area contributed by atoms with E-state index in [-0.39, 0.29) is 94.6 Å². The van der Waals surface area contributed by atoms with Crippen molar-refractivity contribution >= 4 is 5.91 Å². The van der Waals surface area contributed by atoms with Gasteiger partial charge in [-0.25, -0.2) is 8.78 Å². The van der Waals surface area contributed by atoms with Crippen LogP contribution >= 0.6 is 0 Å². The number of carbonyl (C=O) groups excluding carboxylic acids is 1. The molecule has 1 saturated carbocycles. The molecule has 0 unspecified atom stereocenters. The zero-order valence-electron chi connectivity index (χ0n) is 11.1. The van der Waals surface area contributed by atoms with E-state index in [0.29, 0.717) is 0 Å². The first kappa shape index (κ1) is 23.2. The maximum atomic E-state index is 12.9. The van der Waals surface area contributed by atoms with Crippen LogP contribution in [0, 0.1) is 19.0 Å². The Morgan fingerprint density at radius 1 is 1.30 bits per heavy atom. The molecule has 20 heavy (non-hydrogen) atoms. The van der Waals surface area contributed by atoms with E-state index >= 15 is 0 Å². The molecule has 1 amide bonds. The van der Waals surface area contributed by atoms with Crippen molar-refractivity contribution in [1.82, 2.24) is 0 Å². The van der Waals surface area contributed by atoms with E-state index in [1.807, 2.05) is 0 Å². The Bertz CT molecular complexity index is 287. The van der Waals surface area contributed by atoms with Crippen LogP contribution in [0.15, 0.2) is 0 Å². The summed E-state index contributed by atoms with van der Waals surface area (Å²) in [6, 6.07) is 0. The summed E-state index contributed by atoms with van der Waals surface area (Å²) in [6.07, 6.45) is -6.73. The quantitative estimate of drug-likeness (QED) is 0.512. The van der Waals surface area contributed by atoms with Gasteiger partial charge in [0.15, 0.2) is 0 Å². The first-order valence-electron chi connectivity index (χ1n) is 5.54. The normalized spacial score (nSPS) is 18.4. The standard InChI is InChI=1S/C8H11F3NO.C3H4F3.Cs/c9-6(7(12)13)5-1-3-8(10,11)4-2-5;1-2-3(4,5)6;/h5H,1-4H2,(H2,12,13);1-2H2;/q2*-1;+1. The molecule has 2 nitrogen and oxygen atoms in total. The Labute approximate surface area is 172 Å². The molecular weight excluding hydrogens is 409 g/mol. The number of hydrogen-bond acceptors (Lipinski definition) is 1. The summed E-state index contributed by atoms with van der Waals surface area (Å²) >= 11 is 0. The third-order valence-corrected chi connectivity index (χ3v) is 2.59. The number of hydrogen-bond donors (Lipinski definition) is 1. The van der Waals surface area contributed by atoms with Gasteiger partial charge in [-0.05, 0) is 0 Å². The SMILES string of the molecule is NC(=O)[C-](F)C1CCC(F)(F)CC1.[CH2-]CC(F)(F)F.[Cs+]. The minimum absolute atomic E-state index is 0. The monoisotopic (exact) mass is 424 g/mol. The van der Waals surface area contributed by atoms with Crippen molar-refractivity contribution in [2.45, 2.75) is 44.2 Å². The summed E-state index contributed by atoms with van der Waals surface area (Å²) in [5, 5.41) is 0. The zero-order chi connectivity index (χ0) is 15.3. The molecule has 1 rings (SSSR count). The van der Waals surface area contributed by atoms with E-state index in [0.717, 1.165) is 0 Å². The van der Waals surface area contributed by atoms with Crippen LogP contribution in [-0.2, 0) is 4.79 Å². The Morgan fingerprint density at radius 2 is 1.65 bits per heavy atom. The molecule has 0 aromatic carbocycles. The Kier molecular flexibility index (Phi) is 11.5. The largest absolute Gasteiger partial charge is 1.00 e. The average molecular weight is 424 g/mol. The van der Waals surface area contributed by atoms with Gasteiger partial charge in [0.05, 0.1) is 0 Å². The van der Waals surface area contributed by atoms with Crippen LogP contribution in [-0.4, -0.2) is 18.0 Å². The summed E-state index contributed by atoms with van der Waals surface area (Å²) < 4.78 is 70.2. The third kappa shape index (κ3) is 10.7. The fourth-order valence-electron chi connectivity index (χ4n) is 1.49. The van der Waals surface area contributed by atoms with Gasteiger partial charge >= 0.3 is 75.1 Å². The van der Waals surface area contributed by atoms with Gasteiger partial charge in [-0.2, -0.15) is 13.2 Å². The molecule has 2 N–H and O–H groups in total. The molecule has 0 saturated heterocycles. The Morgan fingerprint density at radius 3 is 1.90 bits per heavy atom. The summed E-state index contributed by atoms with van der Waals surface area (Å²) in [6.45, 7) is 2.63. The van der Waals surface area contributed by atoms with Crippen LogP contribution < -0.4 is 74.6 Å². The van der Waals surface area contributed by atoms with Gasteiger partial charge in [-0.15, -0.1) is 12.1 Å². The predicted octanol–water partition coefficient (Wildman–Crippen LogP) is 0.576. The number of amides is 1. The van der Waals surface area contributed by atoms with Crippen LogP contribution in [0.1, 0.15) is 32.1 Å². The predicted molar refractivity (Wildman–Crippen MR) is 56.5 cm³/mol. The van der Waals surface area contributed by atoms with Crippen molar-refractivity contribution in [1.29, 1.82) is 0 Å². The second-order valence-corrected chi connectivity index (χ2v) is 4.21. The molecule has 0 radical (unpaired) electrons. The summed E-state index contributed by atoms with van der Waals surface area (Å²) in [5.74, 6) is -4.53. The first-order chi connectivity index (χ1) is 8.48. The third-order valence-electron chi connectivity index (χ3n) is 2.59. The zero-order valence-corrected chi connectivity index (χ0v) is 17.4. The van der Waals surface area contributed by atoms with Gasteiger partial charge in [0.25, 0.3) is 0 Å². The molecule has 0 aromatic heterocycles. The average Bonchev–Trinajstić information content (AvgIpc) is 2.28. The molecule has 0 heterocycles. The fourth-order valence-corrected chi connectivity index (χ4v) is 1.49. The molecule has 1 aliphatic rings. The van der Waals surface area contributed by atoms with Gasteiger partial charge in [0.1, 0.15) is 5.91 Å². The molecule has 9 heteroatoms. The number of halogens is 6. The van der Waals surface area contributed by atoms with Gasteiger partial charge in [-0.3, -0.25) is 0 Å². The van der Waals surface area contributed by atoms with Gasteiger partial charge in [0, 0.05) is 12.8 Å². The number of alkyl halides is 5. The van der Waals surface area contributed by atoms with E-state index in [4.69, 9.17) is 5.73 Å². The summed E-state index contributed by atoms with van der Waals surface area (Å²) in [4.78, 5) is 10.4. The second kappa shape index (κ2) is 9.88. The number of rotatable bonds is 2.